The van der Waals surface area contributed by atoms with Gasteiger partial charge in [-0.15, -0.1) is 0 Å². The summed E-state index contributed by atoms with van der Waals surface area (Å²) in [5.74, 6) is -0.00898. The molecule has 0 spiro atoms. The number of carbonyl (C=O) groups excluding carboxylic acids is 1. The molecule has 0 fully saturated rings. The monoisotopic (exact) mass is 216 g/mol. The normalized spacial score (nSPS) is 16.3. The third-order valence-electron chi connectivity index (χ3n) is 2.45. The molecule has 2 atom stereocenters. The van der Waals surface area contributed by atoms with Crippen molar-refractivity contribution in [2.45, 2.75) is 52.2 Å². The Morgan fingerprint density at radius 2 is 1.87 bits per heavy atom. The van der Waals surface area contributed by atoms with Crippen molar-refractivity contribution in [2.75, 3.05) is 13.7 Å². The summed E-state index contributed by atoms with van der Waals surface area (Å²) in [6, 6.07) is -0.239. The predicted molar refractivity (Wildman–Crippen MR) is 61.7 cm³/mol. The maximum Gasteiger partial charge on any atom is 0.237 e. The van der Waals surface area contributed by atoms with Gasteiger partial charge in [-0.3, -0.25) is 9.69 Å². The lowest BCUT2D eigenvalue weighted by molar-refractivity contribution is -0.127. The Morgan fingerprint density at radius 1 is 1.40 bits per heavy atom. The van der Waals surface area contributed by atoms with Gasteiger partial charge in [0.1, 0.15) is 0 Å². The van der Waals surface area contributed by atoms with Crippen molar-refractivity contribution in [1.29, 1.82) is 0 Å². The van der Waals surface area contributed by atoms with E-state index in [-0.39, 0.29) is 30.1 Å². The molecule has 0 aliphatic carbocycles. The summed E-state index contributed by atoms with van der Waals surface area (Å²) in [7, 11) is 1.84. The van der Waals surface area contributed by atoms with Crippen LogP contribution in [-0.2, 0) is 4.79 Å². The van der Waals surface area contributed by atoms with E-state index in [2.05, 4.69) is 5.32 Å². The zero-order chi connectivity index (χ0) is 12.2. The number of nitrogens with one attached hydrogen (secondary N) is 1. The summed E-state index contributed by atoms with van der Waals surface area (Å²) in [4.78, 5) is 13.6. The maximum absolute atomic E-state index is 11.8. The van der Waals surface area contributed by atoms with Gasteiger partial charge in [0.15, 0.2) is 0 Å². The van der Waals surface area contributed by atoms with Crippen LogP contribution >= 0.6 is 0 Å². The van der Waals surface area contributed by atoms with Crippen molar-refractivity contribution in [3.8, 4) is 0 Å². The lowest BCUT2D eigenvalue weighted by atomic mass is 10.1. The van der Waals surface area contributed by atoms with Gasteiger partial charge < -0.3 is 10.4 Å². The first-order valence-electron chi connectivity index (χ1n) is 5.34. The number of aliphatic hydroxyl groups excluding tert-OH is 1. The molecule has 0 aromatic rings. The number of carbonyl (C=O) groups is 1. The highest BCUT2D eigenvalue weighted by Gasteiger charge is 2.24. The van der Waals surface area contributed by atoms with Gasteiger partial charge >= 0.3 is 0 Å². The fraction of sp³-hybridized carbons (Fsp3) is 0.909. The van der Waals surface area contributed by atoms with E-state index in [1.807, 2.05) is 46.6 Å². The van der Waals surface area contributed by atoms with E-state index in [0.717, 1.165) is 0 Å². The predicted octanol–water partition coefficient (Wildman–Crippen LogP) is 0.602. The molecule has 0 saturated heterocycles. The smallest absolute Gasteiger partial charge is 0.237 e. The molecule has 1 amide bonds. The zero-order valence-corrected chi connectivity index (χ0v) is 10.7. The first kappa shape index (κ1) is 14.4. The van der Waals surface area contributed by atoms with Gasteiger partial charge in [0.2, 0.25) is 5.91 Å². The highest BCUT2D eigenvalue weighted by Crippen LogP contribution is 2.05. The second-order valence-corrected chi connectivity index (χ2v) is 5.11. The Hall–Kier alpha value is -0.610. The van der Waals surface area contributed by atoms with Gasteiger partial charge in [-0.1, -0.05) is 0 Å². The third-order valence-corrected chi connectivity index (χ3v) is 2.45. The largest absolute Gasteiger partial charge is 0.395 e. The van der Waals surface area contributed by atoms with Crippen LogP contribution in [0.1, 0.15) is 34.6 Å². The Balaban J connectivity index is 4.32. The van der Waals surface area contributed by atoms with Crippen molar-refractivity contribution in [1.82, 2.24) is 10.2 Å². The molecule has 15 heavy (non-hydrogen) atoms. The number of likely N-dealkylation sites (N-methyl/N-ethyl adjacent to an activating group) is 1. The standard InChI is InChI=1S/C11H24N2O2/c1-8(7-14)13(6)9(2)10(15)12-11(3,4)5/h8-9,14H,7H2,1-6H3,(H,12,15). The van der Waals surface area contributed by atoms with Crippen molar-refractivity contribution < 1.29 is 9.90 Å². The molecule has 2 N–H and O–H groups in total. The van der Waals surface area contributed by atoms with Gasteiger partial charge in [-0.2, -0.15) is 0 Å². The van der Waals surface area contributed by atoms with Crippen LogP contribution in [0.15, 0.2) is 0 Å². The van der Waals surface area contributed by atoms with Crippen LogP contribution in [0.3, 0.4) is 0 Å². The summed E-state index contributed by atoms with van der Waals surface area (Å²) >= 11 is 0. The zero-order valence-electron chi connectivity index (χ0n) is 10.7. The Kier molecular flexibility index (Phi) is 5.24. The molecule has 0 aromatic carbocycles. The first-order valence-corrected chi connectivity index (χ1v) is 5.34. The van der Waals surface area contributed by atoms with Crippen LogP contribution in [-0.4, -0.2) is 47.2 Å². The van der Waals surface area contributed by atoms with Crippen LogP contribution in [0.25, 0.3) is 0 Å². The summed E-state index contributed by atoms with van der Waals surface area (Å²) in [5.41, 5.74) is -0.214. The molecule has 0 saturated carbocycles. The lowest BCUT2D eigenvalue weighted by Gasteiger charge is -2.31. The molecule has 4 heteroatoms. The van der Waals surface area contributed by atoms with Crippen LogP contribution in [0.4, 0.5) is 0 Å². The molecule has 90 valence electrons. The summed E-state index contributed by atoms with van der Waals surface area (Å²) < 4.78 is 0. The van der Waals surface area contributed by atoms with E-state index in [1.165, 1.54) is 0 Å². The lowest BCUT2D eigenvalue weighted by Crippen LogP contribution is -2.52. The average molecular weight is 216 g/mol. The molecule has 0 aromatic heterocycles. The number of hydrogen-bond donors (Lipinski definition) is 2. The molecule has 0 rings (SSSR count). The van der Waals surface area contributed by atoms with Crippen molar-refractivity contribution in [3.05, 3.63) is 0 Å². The van der Waals surface area contributed by atoms with E-state index >= 15 is 0 Å². The average Bonchev–Trinajstić information content (AvgIpc) is 2.11. The van der Waals surface area contributed by atoms with Crippen molar-refractivity contribution in [2.24, 2.45) is 0 Å². The number of amides is 1. The van der Waals surface area contributed by atoms with Crippen LogP contribution in [0, 0.1) is 0 Å². The highest BCUT2D eigenvalue weighted by atomic mass is 16.3. The van der Waals surface area contributed by atoms with E-state index < -0.39 is 0 Å². The van der Waals surface area contributed by atoms with Gasteiger partial charge in [0.05, 0.1) is 12.6 Å². The van der Waals surface area contributed by atoms with Crippen LogP contribution in [0.5, 0.6) is 0 Å². The topological polar surface area (TPSA) is 52.6 Å². The van der Waals surface area contributed by atoms with E-state index in [0.29, 0.717) is 0 Å². The minimum absolute atomic E-state index is 0.00859. The van der Waals surface area contributed by atoms with Crippen molar-refractivity contribution >= 4 is 5.91 Å². The Morgan fingerprint density at radius 3 is 2.20 bits per heavy atom. The van der Waals surface area contributed by atoms with Crippen LogP contribution in [0.2, 0.25) is 0 Å². The number of aliphatic hydroxyl groups is 1. The SMILES string of the molecule is CC(CO)N(C)C(C)C(=O)NC(C)(C)C. The fourth-order valence-electron chi connectivity index (χ4n) is 1.17. The maximum atomic E-state index is 11.8. The molecule has 0 aliphatic rings. The van der Waals surface area contributed by atoms with E-state index in [4.69, 9.17) is 5.11 Å². The molecule has 0 aliphatic heterocycles. The minimum atomic E-state index is -0.230. The highest BCUT2D eigenvalue weighted by molar-refractivity contribution is 5.81. The number of hydrogen-bond acceptors (Lipinski definition) is 3. The Bertz CT molecular complexity index is 211. The Labute approximate surface area is 92.7 Å². The van der Waals surface area contributed by atoms with Crippen LogP contribution < -0.4 is 5.32 Å². The summed E-state index contributed by atoms with van der Waals surface area (Å²) in [6.45, 7) is 9.64. The van der Waals surface area contributed by atoms with Gasteiger partial charge in [0, 0.05) is 11.6 Å². The second kappa shape index (κ2) is 5.47. The fourth-order valence-corrected chi connectivity index (χ4v) is 1.17. The molecular formula is C11H24N2O2. The number of nitrogens with zero attached hydrogens (tertiary/aromatic N) is 1. The van der Waals surface area contributed by atoms with Gasteiger partial charge in [-0.05, 0) is 41.7 Å². The second-order valence-electron chi connectivity index (χ2n) is 5.11. The third kappa shape index (κ3) is 5.14. The minimum Gasteiger partial charge on any atom is -0.395 e. The summed E-state index contributed by atoms with van der Waals surface area (Å²) in [5, 5.41) is 11.9. The molecular weight excluding hydrogens is 192 g/mol. The quantitative estimate of drug-likeness (QED) is 0.723. The van der Waals surface area contributed by atoms with E-state index in [9.17, 15) is 4.79 Å². The molecule has 0 radical (unpaired) electrons. The first-order chi connectivity index (χ1) is 6.69. The molecule has 2 unspecified atom stereocenters. The number of rotatable bonds is 4. The molecule has 0 heterocycles. The van der Waals surface area contributed by atoms with Crippen molar-refractivity contribution in [3.63, 3.8) is 0 Å². The van der Waals surface area contributed by atoms with E-state index in [1.54, 1.807) is 0 Å². The molecule has 0 bridgehead atoms. The van der Waals surface area contributed by atoms with Gasteiger partial charge in [-0.25, -0.2) is 0 Å². The summed E-state index contributed by atoms with van der Waals surface area (Å²) in [6.07, 6.45) is 0. The molecule has 4 nitrogen and oxygen atoms in total. The van der Waals surface area contributed by atoms with Gasteiger partial charge in [0.25, 0.3) is 0 Å².